The first kappa shape index (κ1) is 23.7. The number of rotatable bonds is 6. The fourth-order valence-corrected chi connectivity index (χ4v) is 5.69. The molecule has 11 heteroatoms. The molecule has 2 unspecified atom stereocenters. The van der Waals surface area contributed by atoms with Gasteiger partial charge in [-0.3, -0.25) is 4.90 Å². The molecular weight excluding hydrogens is 472 g/mol. The number of fused-ring (bicyclic) bond motifs is 1. The molecule has 0 aliphatic carbocycles. The summed E-state index contributed by atoms with van der Waals surface area (Å²) in [6.45, 7) is 6.69. The van der Waals surface area contributed by atoms with Crippen molar-refractivity contribution in [2.45, 2.75) is 24.9 Å². The molecule has 5 rings (SSSR count). The van der Waals surface area contributed by atoms with Crippen molar-refractivity contribution in [1.29, 1.82) is 0 Å². The molecule has 2 aromatic carbocycles. The molecular formula is C24H27F2N7OS. The van der Waals surface area contributed by atoms with Gasteiger partial charge >= 0.3 is 0 Å². The molecule has 0 radical (unpaired) electrons. The van der Waals surface area contributed by atoms with Crippen LogP contribution in [0.2, 0.25) is 0 Å². The van der Waals surface area contributed by atoms with Crippen LogP contribution in [0.1, 0.15) is 25.5 Å². The van der Waals surface area contributed by atoms with Crippen LogP contribution in [-0.2, 0) is 18.0 Å². The maximum absolute atomic E-state index is 15.7. The van der Waals surface area contributed by atoms with Gasteiger partial charge in [-0.05, 0) is 36.2 Å². The number of hydrogen-bond donors (Lipinski definition) is 0. The molecule has 2 aromatic heterocycles. The topological polar surface area (TPSA) is 72.1 Å². The van der Waals surface area contributed by atoms with Gasteiger partial charge in [0, 0.05) is 50.2 Å². The Morgan fingerprint density at radius 1 is 1.09 bits per heavy atom. The number of aromatic nitrogens is 5. The third kappa shape index (κ3) is 4.75. The second kappa shape index (κ2) is 9.56. The maximum atomic E-state index is 15.7. The van der Waals surface area contributed by atoms with Crippen LogP contribution in [0.5, 0.6) is 0 Å². The zero-order chi connectivity index (χ0) is 24.7. The van der Waals surface area contributed by atoms with Gasteiger partial charge in [-0.25, -0.2) is 22.0 Å². The summed E-state index contributed by atoms with van der Waals surface area (Å²) in [6.07, 6.45) is 3.19. The Kier molecular flexibility index (Phi) is 6.47. The minimum atomic E-state index is -1.48. The van der Waals surface area contributed by atoms with Crippen LogP contribution in [-0.4, -0.2) is 64.4 Å². The van der Waals surface area contributed by atoms with E-state index < -0.39 is 11.0 Å². The van der Waals surface area contributed by atoms with Gasteiger partial charge in [-0.15, -0.1) is 5.10 Å². The van der Waals surface area contributed by atoms with Crippen LogP contribution in [0.4, 0.5) is 8.78 Å². The largest absolute Gasteiger partial charge is 0.293 e. The summed E-state index contributed by atoms with van der Waals surface area (Å²) in [5.74, 6) is -0.306. The molecule has 1 aliphatic heterocycles. The van der Waals surface area contributed by atoms with E-state index in [2.05, 4.69) is 34.0 Å². The molecule has 0 N–H and O–H groups in total. The van der Waals surface area contributed by atoms with Crippen molar-refractivity contribution >= 4 is 21.9 Å². The Labute approximate surface area is 204 Å². The number of hydrogen-bond acceptors (Lipinski definition) is 5. The Morgan fingerprint density at radius 2 is 1.86 bits per heavy atom. The molecule has 3 heterocycles. The van der Waals surface area contributed by atoms with Crippen LogP contribution >= 0.6 is 0 Å². The van der Waals surface area contributed by atoms with Crippen molar-refractivity contribution in [1.82, 2.24) is 34.0 Å². The highest BCUT2D eigenvalue weighted by Crippen LogP contribution is 2.33. The quantitative estimate of drug-likeness (QED) is 0.406. The van der Waals surface area contributed by atoms with E-state index >= 15 is 4.39 Å². The summed E-state index contributed by atoms with van der Waals surface area (Å²) in [7, 11) is 0.196. The minimum Gasteiger partial charge on any atom is -0.293 e. The van der Waals surface area contributed by atoms with Gasteiger partial charge in [-0.1, -0.05) is 13.8 Å². The second-order valence-corrected chi connectivity index (χ2v) is 10.6. The lowest BCUT2D eigenvalue weighted by molar-refractivity contribution is 0.105. The predicted octanol–water partition coefficient (Wildman–Crippen LogP) is 3.47. The molecule has 184 valence electrons. The SMILES string of the molecule is CC(C)CN1CCN(S(=O)c2cnn(C)n2)CC1c1cc2cnn(-c3ccc(F)cc3)c2cc1F. The van der Waals surface area contributed by atoms with Crippen molar-refractivity contribution in [3.8, 4) is 5.69 Å². The molecule has 2 atom stereocenters. The highest BCUT2D eigenvalue weighted by molar-refractivity contribution is 7.82. The zero-order valence-electron chi connectivity index (χ0n) is 19.8. The molecule has 0 saturated carbocycles. The molecule has 35 heavy (non-hydrogen) atoms. The van der Waals surface area contributed by atoms with Crippen molar-refractivity contribution in [3.05, 3.63) is 66.0 Å². The van der Waals surface area contributed by atoms with E-state index in [-0.39, 0.29) is 17.7 Å². The van der Waals surface area contributed by atoms with Gasteiger partial charge in [0.1, 0.15) is 22.6 Å². The van der Waals surface area contributed by atoms with Gasteiger partial charge in [-0.2, -0.15) is 15.0 Å². The Bertz CT molecular complexity index is 1370. The summed E-state index contributed by atoms with van der Waals surface area (Å²) in [5.41, 5.74) is 1.79. The van der Waals surface area contributed by atoms with Crippen LogP contribution in [0.3, 0.4) is 0 Å². The van der Waals surface area contributed by atoms with Crippen molar-refractivity contribution in [3.63, 3.8) is 0 Å². The molecule has 1 aliphatic rings. The fourth-order valence-electron chi connectivity index (χ4n) is 4.58. The average Bonchev–Trinajstić information content (AvgIpc) is 3.44. The number of halogens is 2. The molecule has 0 spiro atoms. The first-order chi connectivity index (χ1) is 16.8. The fraction of sp³-hybridized carbons (Fsp3) is 0.375. The zero-order valence-corrected chi connectivity index (χ0v) is 20.6. The highest BCUT2D eigenvalue weighted by Gasteiger charge is 2.34. The molecule has 8 nitrogen and oxygen atoms in total. The lowest BCUT2D eigenvalue weighted by Gasteiger charge is -2.41. The van der Waals surface area contributed by atoms with Gasteiger partial charge in [0.15, 0.2) is 5.03 Å². The standard InChI is InChI=1S/C24H27F2N7OS/c1-16(2)14-31-8-9-32(35(34)24-13-27-30(3)29-24)15-23(31)20-10-17-12-28-33(22(17)11-21(20)26)19-6-4-18(25)5-7-19/h4-7,10-13,16,23H,8-9,14-15H2,1-3H3. The first-order valence-corrected chi connectivity index (χ1v) is 12.6. The third-order valence-electron chi connectivity index (χ3n) is 6.16. The van der Waals surface area contributed by atoms with E-state index in [1.54, 1.807) is 30.1 Å². The molecule has 1 saturated heterocycles. The van der Waals surface area contributed by atoms with E-state index in [4.69, 9.17) is 0 Å². The van der Waals surface area contributed by atoms with Crippen molar-refractivity contribution in [2.24, 2.45) is 13.0 Å². The Hall–Kier alpha value is -3.02. The number of nitrogens with zero attached hydrogens (tertiary/aromatic N) is 7. The lowest BCUT2D eigenvalue weighted by Crippen LogP contribution is -2.50. The van der Waals surface area contributed by atoms with E-state index in [1.165, 1.54) is 29.2 Å². The molecule has 4 aromatic rings. The average molecular weight is 500 g/mol. The Balaban J connectivity index is 1.50. The third-order valence-corrected chi connectivity index (χ3v) is 7.51. The maximum Gasteiger partial charge on any atom is 0.185 e. The van der Waals surface area contributed by atoms with Crippen LogP contribution in [0.25, 0.3) is 16.6 Å². The summed E-state index contributed by atoms with van der Waals surface area (Å²) in [4.78, 5) is 3.63. The van der Waals surface area contributed by atoms with Crippen LogP contribution in [0, 0.1) is 17.6 Å². The van der Waals surface area contributed by atoms with Gasteiger partial charge in [0.25, 0.3) is 0 Å². The van der Waals surface area contributed by atoms with Gasteiger partial charge in [0.05, 0.1) is 29.6 Å². The van der Waals surface area contributed by atoms with Crippen molar-refractivity contribution < 1.29 is 13.0 Å². The second-order valence-electron chi connectivity index (χ2n) is 9.18. The normalized spacial score (nSPS) is 18.5. The van der Waals surface area contributed by atoms with E-state index in [1.807, 2.05) is 10.4 Å². The number of benzene rings is 2. The van der Waals surface area contributed by atoms with Gasteiger partial charge in [0.2, 0.25) is 0 Å². The number of aryl methyl sites for hydroxylation is 1. The first-order valence-electron chi connectivity index (χ1n) is 11.5. The minimum absolute atomic E-state index is 0.287. The van der Waals surface area contributed by atoms with Crippen LogP contribution < -0.4 is 0 Å². The van der Waals surface area contributed by atoms with Crippen LogP contribution in [0.15, 0.2) is 53.8 Å². The summed E-state index contributed by atoms with van der Waals surface area (Å²) >= 11 is 0. The van der Waals surface area contributed by atoms with Crippen molar-refractivity contribution in [2.75, 3.05) is 26.2 Å². The van der Waals surface area contributed by atoms with E-state index in [0.29, 0.717) is 47.3 Å². The highest BCUT2D eigenvalue weighted by atomic mass is 32.2. The number of piperazine rings is 1. The molecule has 1 fully saturated rings. The van der Waals surface area contributed by atoms with E-state index in [0.717, 1.165) is 11.9 Å². The summed E-state index contributed by atoms with van der Waals surface area (Å²) < 4.78 is 45.6. The molecule has 0 amide bonds. The monoisotopic (exact) mass is 499 g/mol. The predicted molar refractivity (Wildman–Crippen MR) is 129 cm³/mol. The van der Waals surface area contributed by atoms with Gasteiger partial charge < -0.3 is 0 Å². The summed E-state index contributed by atoms with van der Waals surface area (Å²) in [5, 5.41) is 13.8. The summed E-state index contributed by atoms with van der Waals surface area (Å²) in [6, 6.07) is 8.94. The lowest BCUT2D eigenvalue weighted by atomic mass is 9.99. The smallest absolute Gasteiger partial charge is 0.185 e. The molecule has 0 bridgehead atoms. The van der Waals surface area contributed by atoms with E-state index in [9.17, 15) is 8.60 Å². The Morgan fingerprint density at radius 3 is 2.54 bits per heavy atom.